The van der Waals surface area contributed by atoms with E-state index in [-0.39, 0.29) is 61.4 Å². The largest absolute Gasteiger partial charge is 1.00 e. The van der Waals surface area contributed by atoms with Crippen molar-refractivity contribution < 1.29 is 51.2 Å². The number of carboxylic acid groups (broad SMARTS) is 1. The zero-order valence-electron chi connectivity index (χ0n) is 42.3. The molecule has 2 amide bonds. The van der Waals surface area contributed by atoms with Gasteiger partial charge in [0.25, 0.3) is 0 Å². The number of anilines is 3. The molecule has 0 saturated carbocycles. The van der Waals surface area contributed by atoms with Gasteiger partial charge in [0.05, 0.1) is 68.9 Å². The molecule has 2 aliphatic heterocycles. The maximum atomic E-state index is 14.3. The van der Waals surface area contributed by atoms with Gasteiger partial charge in [-0.1, -0.05) is 62.6 Å². The van der Waals surface area contributed by atoms with Crippen molar-refractivity contribution in [2.45, 2.75) is 84.0 Å². The molecule has 2 saturated heterocycles. The van der Waals surface area contributed by atoms with Crippen molar-refractivity contribution in [2.24, 2.45) is 23.3 Å². The number of carboxylic acids is 1. The maximum absolute atomic E-state index is 14.3. The Kier molecular flexibility index (Phi) is 22.8. The van der Waals surface area contributed by atoms with Crippen molar-refractivity contribution in [1.82, 2.24) is 54.7 Å². The van der Waals surface area contributed by atoms with Crippen molar-refractivity contribution in [1.29, 1.82) is 0 Å². The number of terminal acetylenes is 1. The number of aromatic hydroxyl groups is 1. The van der Waals surface area contributed by atoms with Gasteiger partial charge in [0, 0.05) is 65.3 Å². The molecule has 400 valence electrons. The van der Waals surface area contributed by atoms with E-state index in [4.69, 9.17) is 47.1 Å². The summed E-state index contributed by atoms with van der Waals surface area (Å²) >= 11 is 0. The van der Waals surface area contributed by atoms with Crippen LogP contribution in [0.15, 0.2) is 36.7 Å². The highest BCUT2D eigenvalue weighted by Crippen LogP contribution is 2.28. The first kappa shape index (κ1) is 57.7. The highest BCUT2D eigenvalue weighted by atomic mass is 35.5. The summed E-state index contributed by atoms with van der Waals surface area (Å²) in [6, 6.07) is 4.40. The number of carbonyl (C=O) groups excluding carboxylic acids is 2. The van der Waals surface area contributed by atoms with E-state index in [0.717, 1.165) is 18.4 Å². The van der Waals surface area contributed by atoms with Crippen LogP contribution in [-0.2, 0) is 35.0 Å². The van der Waals surface area contributed by atoms with Gasteiger partial charge in [-0.05, 0) is 48.8 Å². The van der Waals surface area contributed by atoms with Gasteiger partial charge in [-0.2, -0.15) is 15.0 Å². The van der Waals surface area contributed by atoms with E-state index in [1.54, 1.807) is 40.0 Å². The third kappa shape index (κ3) is 16.9. The van der Waals surface area contributed by atoms with Gasteiger partial charge in [0.15, 0.2) is 0 Å². The van der Waals surface area contributed by atoms with Crippen LogP contribution in [0, 0.1) is 24.2 Å². The Morgan fingerprint density at radius 1 is 0.767 bits per heavy atom. The van der Waals surface area contributed by atoms with E-state index in [2.05, 4.69) is 52.6 Å². The lowest BCUT2D eigenvalue weighted by atomic mass is 9.97. The van der Waals surface area contributed by atoms with E-state index in [1.807, 2.05) is 27.8 Å². The summed E-state index contributed by atoms with van der Waals surface area (Å²) in [7, 11) is 0. The minimum absolute atomic E-state index is 0. The number of aliphatic carboxylic acids is 1. The summed E-state index contributed by atoms with van der Waals surface area (Å²) in [4.78, 5) is 62.4. The second kappa shape index (κ2) is 28.9. The van der Waals surface area contributed by atoms with E-state index < -0.39 is 24.1 Å². The number of amides is 2. The summed E-state index contributed by atoms with van der Waals surface area (Å²) in [6.07, 6.45) is 10.3. The predicted octanol–water partition coefficient (Wildman–Crippen LogP) is -1.16. The second-order valence-corrected chi connectivity index (χ2v) is 18.5. The fraction of sp³-hybridized carbons (Fsp3) is 0.625. The number of piperazine rings is 2. The van der Waals surface area contributed by atoms with Crippen LogP contribution >= 0.6 is 0 Å². The Morgan fingerprint density at radius 3 is 1.89 bits per heavy atom. The molecule has 73 heavy (non-hydrogen) atoms. The number of hydrogen-bond acceptors (Lipinski definition) is 19. The average molecular weight is 1040 g/mol. The molecule has 2 fully saturated rings. The standard InChI is InChI=1S/C48H72N16O8.ClH/c1-6-23-70-25-27-72-28-26-71-24-14-51-46-52-47(54-48(53-46)62-21-17-60(18-22-62)45(69)43(34(5)7-2)64-32-40(56-58-64)37(49)29-33(3)4)61-19-15-59(16-20-61)44(68)41(12-13-42(66)67)63-31-39(55-57-63)38(50)30-35-8-10-36(65)11-9-35;/h1,8-11,31-34,37-38,41,43,65H,7,12-30,49-50H2,2-5H3,(H,66,67)(H,51,52,53,54);1H/p-1/t34-,37?,38?,41-,43?;/m0./s1. The van der Waals surface area contributed by atoms with Crippen molar-refractivity contribution >= 4 is 35.6 Å². The zero-order valence-corrected chi connectivity index (χ0v) is 43.1. The summed E-state index contributed by atoms with van der Waals surface area (Å²) in [5, 5.41) is 39.8. The number of benzene rings is 1. The molecule has 0 spiro atoms. The number of ether oxygens (including phenoxy) is 3. The number of halogens is 1. The monoisotopic (exact) mass is 1040 g/mol. The molecular weight excluding hydrogens is 964 g/mol. The van der Waals surface area contributed by atoms with Gasteiger partial charge < -0.3 is 73.2 Å². The zero-order chi connectivity index (χ0) is 51.6. The molecular formula is C48H72ClN16O8-. The molecule has 3 aromatic heterocycles. The fourth-order valence-corrected chi connectivity index (χ4v) is 8.47. The number of rotatable bonds is 28. The molecule has 0 radical (unpaired) electrons. The van der Waals surface area contributed by atoms with E-state index in [9.17, 15) is 24.6 Å². The number of carbonyl (C=O) groups is 3. The first-order valence-electron chi connectivity index (χ1n) is 24.8. The van der Waals surface area contributed by atoms with Gasteiger partial charge in [-0.15, -0.1) is 16.6 Å². The number of hydrogen-bond donors (Lipinski definition) is 5. The molecule has 5 atom stereocenters. The SMILES string of the molecule is C#CCOCCOCCOCCNc1nc(N2CCN(C(=O)C([C@@H](C)CC)n3cc(C(N)CC(C)C)nn3)CC2)nc(N2CCN(C(=O)[C@H](CCC(=O)O)n3cc(C(N)Cc4ccc(O)cc4)nn3)CC2)n1.[Cl-]. The lowest BCUT2D eigenvalue weighted by Gasteiger charge is -2.38. The molecule has 3 unspecified atom stereocenters. The fourth-order valence-electron chi connectivity index (χ4n) is 8.47. The van der Waals surface area contributed by atoms with Crippen LogP contribution in [0.25, 0.3) is 0 Å². The van der Waals surface area contributed by atoms with E-state index >= 15 is 0 Å². The Labute approximate surface area is 432 Å². The van der Waals surface area contributed by atoms with Gasteiger partial charge >= 0.3 is 5.97 Å². The number of nitrogens with two attached hydrogens (primary N) is 2. The molecule has 0 bridgehead atoms. The Bertz CT molecular complexity index is 2370. The number of phenols is 1. The lowest BCUT2D eigenvalue weighted by molar-refractivity contribution is -0.139. The van der Waals surface area contributed by atoms with Crippen molar-refractivity contribution in [2.75, 3.05) is 114 Å². The average Bonchev–Trinajstić information content (AvgIpc) is 4.08. The summed E-state index contributed by atoms with van der Waals surface area (Å²) in [5.74, 6) is 2.77. The Hall–Kier alpha value is -6.23. The molecule has 7 N–H and O–H groups in total. The molecule has 24 nitrogen and oxygen atoms in total. The van der Waals surface area contributed by atoms with E-state index in [1.165, 1.54) is 4.68 Å². The van der Waals surface area contributed by atoms with Crippen LogP contribution in [0.4, 0.5) is 17.8 Å². The smallest absolute Gasteiger partial charge is 0.303 e. The van der Waals surface area contributed by atoms with E-state index in [0.29, 0.717) is 134 Å². The van der Waals surface area contributed by atoms with Crippen molar-refractivity contribution in [3.63, 3.8) is 0 Å². The van der Waals surface area contributed by atoms with Crippen molar-refractivity contribution in [3.05, 3.63) is 53.6 Å². The molecule has 5 heterocycles. The number of phenolic OH excluding ortho intramolecular Hbond substituents is 1. The molecule has 6 rings (SSSR count). The first-order valence-corrected chi connectivity index (χ1v) is 24.8. The highest BCUT2D eigenvalue weighted by molar-refractivity contribution is 5.82. The van der Waals surface area contributed by atoms with Crippen LogP contribution in [0.3, 0.4) is 0 Å². The van der Waals surface area contributed by atoms with Gasteiger partial charge in [0.1, 0.15) is 24.4 Å². The van der Waals surface area contributed by atoms with Crippen LogP contribution in [0.1, 0.15) is 94.5 Å². The van der Waals surface area contributed by atoms with Crippen LogP contribution < -0.4 is 39.0 Å². The maximum Gasteiger partial charge on any atom is 0.303 e. The number of nitrogens with zero attached hydrogens (tertiary/aromatic N) is 13. The van der Waals surface area contributed by atoms with Crippen LogP contribution in [0.2, 0.25) is 0 Å². The Balaban J connectivity index is 0.00000988. The van der Waals surface area contributed by atoms with Crippen LogP contribution in [-0.4, -0.2) is 181 Å². The minimum atomic E-state index is -1.04. The van der Waals surface area contributed by atoms with Crippen molar-refractivity contribution in [3.8, 4) is 18.1 Å². The first-order chi connectivity index (χ1) is 34.7. The molecule has 4 aromatic rings. The second-order valence-electron chi connectivity index (χ2n) is 18.5. The highest BCUT2D eigenvalue weighted by Gasteiger charge is 2.35. The third-order valence-corrected chi connectivity index (χ3v) is 12.7. The minimum Gasteiger partial charge on any atom is -1.00 e. The quantitative estimate of drug-likeness (QED) is 0.0331. The molecule has 2 aliphatic rings. The van der Waals surface area contributed by atoms with Gasteiger partial charge in [0.2, 0.25) is 29.7 Å². The normalized spacial score (nSPS) is 16.1. The summed E-state index contributed by atoms with van der Waals surface area (Å²) in [6.45, 7) is 14.0. The lowest BCUT2D eigenvalue weighted by Crippen LogP contribution is -3.00. The molecule has 1 aromatic carbocycles. The third-order valence-electron chi connectivity index (χ3n) is 12.7. The topological polar surface area (TPSA) is 296 Å². The molecule has 0 aliphatic carbocycles. The predicted molar refractivity (Wildman–Crippen MR) is 267 cm³/mol. The summed E-state index contributed by atoms with van der Waals surface area (Å²) in [5.41, 5.74) is 14.9. The Morgan fingerprint density at radius 2 is 1.32 bits per heavy atom. The number of aromatic nitrogens is 9. The number of nitrogens with one attached hydrogen (secondary N) is 1. The van der Waals surface area contributed by atoms with Crippen LogP contribution in [0.5, 0.6) is 5.75 Å². The summed E-state index contributed by atoms with van der Waals surface area (Å²) < 4.78 is 19.6. The molecule has 25 heteroatoms. The van der Waals surface area contributed by atoms with Gasteiger partial charge in [-0.25, -0.2) is 9.36 Å². The van der Waals surface area contributed by atoms with Gasteiger partial charge in [-0.3, -0.25) is 14.4 Å².